The van der Waals surface area contributed by atoms with Crippen LogP contribution in [0.1, 0.15) is 46.0 Å². The van der Waals surface area contributed by atoms with Crippen LogP contribution < -0.4 is 5.32 Å². The number of rotatable bonds is 6. The summed E-state index contributed by atoms with van der Waals surface area (Å²) in [6.07, 6.45) is 7.80. The third kappa shape index (κ3) is 2.48. The molecule has 2 aliphatic rings. The van der Waals surface area contributed by atoms with E-state index in [1.165, 1.54) is 0 Å². The quantitative estimate of drug-likeness (QED) is 0.791. The summed E-state index contributed by atoms with van der Waals surface area (Å²) >= 11 is 1.86. The number of nitrogens with one attached hydrogen (secondary N) is 1. The lowest BCUT2D eigenvalue weighted by Gasteiger charge is -2.30. The van der Waals surface area contributed by atoms with Crippen molar-refractivity contribution in [3.05, 3.63) is 0 Å². The predicted molar refractivity (Wildman–Crippen MR) is 73.1 cm³/mol. The molecule has 0 aromatic carbocycles. The first-order valence-corrected chi connectivity index (χ1v) is 8.13. The molecule has 1 amide bonds. The summed E-state index contributed by atoms with van der Waals surface area (Å²) in [5.41, 5.74) is -0.145. The predicted octanol–water partition coefficient (Wildman–Crippen LogP) is 2.22. The van der Waals surface area contributed by atoms with Gasteiger partial charge in [-0.15, -0.1) is 0 Å². The van der Waals surface area contributed by atoms with E-state index in [-0.39, 0.29) is 11.7 Å². The maximum absolute atomic E-state index is 12.4. The summed E-state index contributed by atoms with van der Waals surface area (Å²) in [6, 6.07) is 0.374. The van der Waals surface area contributed by atoms with Crippen molar-refractivity contribution in [1.29, 1.82) is 0 Å². The van der Waals surface area contributed by atoms with Gasteiger partial charge < -0.3 is 4.90 Å². The van der Waals surface area contributed by atoms with Gasteiger partial charge in [0.15, 0.2) is 0 Å². The zero-order valence-electron chi connectivity index (χ0n) is 11.2. The number of amides is 1. The number of thioether (sulfide) groups is 1. The fourth-order valence-corrected chi connectivity index (χ4v) is 3.32. The average molecular weight is 256 g/mol. The molecule has 2 atom stereocenters. The summed E-state index contributed by atoms with van der Waals surface area (Å²) < 4.78 is 0. The normalized spacial score (nSPS) is 27.8. The van der Waals surface area contributed by atoms with Gasteiger partial charge in [-0.05, 0) is 44.6 Å². The maximum Gasteiger partial charge on any atom is 0.244 e. The summed E-state index contributed by atoms with van der Waals surface area (Å²) in [6.45, 7) is 4.38. The highest BCUT2D eigenvalue weighted by molar-refractivity contribution is 7.98. The summed E-state index contributed by atoms with van der Waals surface area (Å²) in [5.74, 6) is 1.50. The van der Waals surface area contributed by atoms with E-state index in [0.717, 1.165) is 37.9 Å². The van der Waals surface area contributed by atoms with E-state index in [4.69, 9.17) is 0 Å². The van der Waals surface area contributed by atoms with Gasteiger partial charge in [0.1, 0.15) is 0 Å². The molecule has 1 saturated carbocycles. The van der Waals surface area contributed by atoms with Gasteiger partial charge in [-0.3, -0.25) is 10.1 Å². The Labute approximate surface area is 109 Å². The Morgan fingerprint density at radius 3 is 2.82 bits per heavy atom. The Morgan fingerprint density at radius 2 is 2.29 bits per heavy atom. The van der Waals surface area contributed by atoms with E-state index >= 15 is 0 Å². The molecule has 2 fully saturated rings. The second-order valence-corrected chi connectivity index (χ2v) is 6.36. The van der Waals surface area contributed by atoms with Crippen molar-refractivity contribution in [3.63, 3.8) is 0 Å². The Hall–Kier alpha value is -0.220. The molecule has 1 N–H and O–H groups in total. The molecule has 17 heavy (non-hydrogen) atoms. The Kier molecular flexibility index (Phi) is 4.03. The number of nitrogens with zero attached hydrogens (tertiary/aromatic N) is 1. The van der Waals surface area contributed by atoms with Crippen LogP contribution in [-0.2, 0) is 4.79 Å². The molecule has 2 unspecified atom stereocenters. The standard InChI is InChI=1S/C13H24N2OS/c1-4-5-11-14-13(7-8-13)12(16)15(11)10(2)6-9-17-3/h10-11,14H,4-9H2,1-3H3. The molecule has 3 nitrogen and oxygen atoms in total. The Balaban J connectivity index is 2.03. The highest BCUT2D eigenvalue weighted by Gasteiger charge is 2.59. The van der Waals surface area contributed by atoms with Crippen molar-refractivity contribution in [2.24, 2.45) is 0 Å². The van der Waals surface area contributed by atoms with Crippen LogP contribution in [0.2, 0.25) is 0 Å². The third-order valence-corrected chi connectivity index (χ3v) is 4.59. The lowest BCUT2D eigenvalue weighted by molar-refractivity contribution is -0.132. The molecule has 1 aliphatic heterocycles. The van der Waals surface area contributed by atoms with Gasteiger partial charge >= 0.3 is 0 Å². The number of carbonyl (C=O) groups is 1. The van der Waals surface area contributed by atoms with E-state index in [2.05, 4.69) is 30.3 Å². The number of hydrogen-bond acceptors (Lipinski definition) is 3. The first-order valence-electron chi connectivity index (χ1n) is 6.74. The smallest absolute Gasteiger partial charge is 0.244 e. The average Bonchev–Trinajstić information content (AvgIpc) is 3.02. The largest absolute Gasteiger partial charge is 0.323 e. The minimum atomic E-state index is -0.145. The van der Waals surface area contributed by atoms with Crippen LogP contribution in [0.4, 0.5) is 0 Å². The second-order valence-electron chi connectivity index (χ2n) is 5.37. The lowest BCUT2D eigenvalue weighted by atomic mass is 10.1. The minimum Gasteiger partial charge on any atom is -0.323 e. The number of hydrogen-bond donors (Lipinski definition) is 1. The van der Waals surface area contributed by atoms with Crippen molar-refractivity contribution in [3.8, 4) is 0 Å². The zero-order chi connectivity index (χ0) is 12.5. The molecule has 0 aromatic heterocycles. The van der Waals surface area contributed by atoms with Crippen LogP contribution in [0.5, 0.6) is 0 Å². The molecule has 1 saturated heterocycles. The fourth-order valence-electron chi connectivity index (χ4n) is 2.74. The van der Waals surface area contributed by atoms with Gasteiger partial charge in [0.2, 0.25) is 5.91 Å². The molecule has 98 valence electrons. The van der Waals surface area contributed by atoms with Crippen molar-refractivity contribution in [2.75, 3.05) is 12.0 Å². The zero-order valence-corrected chi connectivity index (χ0v) is 12.0. The van der Waals surface area contributed by atoms with Crippen molar-refractivity contribution in [1.82, 2.24) is 10.2 Å². The van der Waals surface area contributed by atoms with Crippen molar-refractivity contribution >= 4 is 17.7 Å². The van der Waals surface area contributed by atoms with Gasteiger partial charge in [0.25, 0.3) is 0 Å². The van der Waals surface area contributed by atoms with Gasteiger partial charge in [-0.25, -0.2) is 0 Å². The van der Waals surface area contributed by atoms with Crippen LogP contribution >= 0.6 is 11.8 Å². The SMILES string of the molecule is CCCC1NC2(CC2)C(=O)N1C(C)CCSC. The molecule has 1 aliphatic carbocycles. The van der Waals surface area contributed by atoms with Crippen LogP contribution in [0.15, 0.2) is 0 Å². The fraction of sp³-hybridized carbons (Fsp3) is 0.923. The lowest BCUT2D eigenvalue weighted by Crippen LogP contribution is -2.43. The van der Waals surface area contributed by atoms with E-state index in [1.807, 2.05) is 11.8 Å². The molecule has 0 radical (unpaired) electrons. The first kappa shape index (κ1) is 13.2. The topological polar surface area (TPSA) is 32.3 Å². The Morgan fingerprint density at radius 1 is 1.59 bits per heavy atom. The van der Waals surface area contributed by atoms with E-state index < -0.39 is 0 Å². The van der Waals surface area contributed by atoms with Gasteiger partial charge in [-0.1, -0.05) is 13.3 Å². The van der Waals surface area contributed by atoms with Crippen LogP contribution in [-0.4, -0.2) is 40.6 Å². The van der Waals surface area contributed by atoms with Crippen molar-refractivity contribution < 1.29 is 4.79 Å². The van der Waals surface area contributed by atoms with Crippen molar-refractivity contribution in [2.45, 2.75) is 63.7 Å². The highest BCUT2D eigenvalue weighted by atomic mass is 32.2. The van der Waals surface area contributed by atoms with Gasteiger partial charge in [0, 0.05) is 6.04 Å². The molecule has 0 bridgehead atoms. The third-order valence-electron chi connectivity index (χ3n) is 3.95. The van der Waals surface area contributed by atoms with Crippen LogP contribution in [0, 0.1) is 0 Å². The Bertz CT molecular complexity index is 291. The van der Waals surface area contributed by atoms with E-state index in [0.29, 0.717) is 11.9 Å². The molecule has 2 rings (SSSR count). The molecule has 0 aromatic rings. The molecule has 1 heterocycles. The highest BCUT2D eigenvalue weighted by Crippen LogP contribution is 2.43. The van der Waals surface area contributed by atoms with Gasteiger partial charge in [0.05, 0.1) is 11.7 Å². The van der Waals surface area contributed by atoms with E-state index in [1.54, 1.807) is 0 Å². The monoisotopic (exact) mass is 256 g/mol. The van der Waals surface area contributed by atoms with Gasteiger partial charge in [-0.2, -0.15) is 11.8 Å². The van der Waals surface area contributed by atoms with E-state index in [9.17, 15) is 4.79 Å². The molecular weight excluding hydrogens is 232 g/mol. The molecule has 4 heteroatoms. The minimum absolute atomic E-state index is 0.145. The maximum atomic E-state index is 12.4. The first-order chi connectivity index (χ1) is 8.14. The molecular formula is C13H24N2OS. The van der Waals surface area contributed by atoms with Crippen LogP contribution in [0.25, 0.3) is 0 Å². The summed E-state index contributed by atoms with van der Waals surface area (Å²) in [7, 11) is 0. The summed E-state index contributed by atoms with van der Waals surface area (Å²) in [5, 5.41) is 3.57. The second kappa shape index (κ2) is 5.19. The number of carbonyl (C=O) groups excluding carboxylic acids is 1. The van der Waals surface area contributed by atoms with Crippen LogP contribution in [0.3, 0.4) is 0 Å². The molecule has 1 spiro atoms. The summed E-state index contributed by atoms with van der Waals surface area (Å²) in [4.78, 5) is 14.6.